The molecule has 0 spiro atoms. The van der Waals surface area contributed by atoms with Crippen molar-refractivity contribution < 1.29 is 14.4 Å². The van der Waals surface area contributed by atoms with E-state index in [4.69, 9.17) is 9.63 Å². The molecule has 1 aromatic carbocycles. The molecule has 0 aliphatic carbocycles. The number of rotatable bonds is 7. The second-order valence-electron chi connectivity index (χ2n) is 5.77. The van der Waals surface area contributed by atoms with E-state index in [9.17, 15) is 4.79 Å². The molecule has 0 aliphatic heterocycles. The van der Waals surface area contributed by atoms with E-state index in [1.54, 1.807) is 12.1 Å². The van der Waals surface area contributed by atoms with E-state index in [-0.39, 0.29) is 5.56 Å². The second kappa shape index (κ2) is 7.27. The fourth-order valence-corrected chi connectivity index (χ4v) is 2.46. The van der Waals surface area contributed by atoms with Gasteiger partial charge in [-0.15, -0.1) is 0 Å². The average Bonchev–Trinajstić information content (AvgIpc) is 3.24. The number of aromatic nitrogens is 4. The summed E-state index contributed by atoms with van der Waals surface area (Å²) in [6, 6.07) is 6.37. The minimum atomic E-state index is -0.964. The summed E-state index contributed by atoms with van der Waals surface area (Å²) in [5, 5.41) is 17.1. The van der Waals surface area contributed by atoms with Gasteiger partial charge in [-0.2, -0.15) is 10.1 Å². The predicted octanol–water partition coefficient (Wildman–Crippen LogP) is 2.28. The van der Waals surface area contributed by atoms with E-state index in [1.165, 1.54) is 12.1 Å². The zero-order valence-corrected chi connectivity index (χ0v) is 14.1. The molecule has 0 bridgehead atoms. The van der Waals surface area contributed by atoms with Crippen LogP contribution in [0.2, 0.25) is 0 Å². The van der Waals surface area contributed by atoms with Crippen LogP contribution in [-0.2, 0) is 19.6 Å². The van der Waals surface area contributed by atoms with Gasteiger partial charge in [0.25, 0.3) is 0 Å². The average molecular weight is 341 g/mol. The number of carboxylic acid groups (broad SMARTS) is 1. The molecule has 0 saturated carbocycles. The van der Waals surface area contributed by atoms with Crippen LogP contribution in [0, 0.1) is 0 Å². The van der Waals surface area contributed by atoms with Crippen molar-refractivity contribution in [3.05, 3.63) is 53.7 Å². The molecule has 0 atom stereocenters. The molecule has 2 heterocycles. The number of aryl methyl sites for hydroxylation is 1. The Morgan fingerprint density at radius 1 is 1.28 bits per heavy atom. The number of nitrogens with zero attached hydrogens (tertiary/aromatic N) is 5. The van der Waals surface area contributed by atoms with Crippen molar-refractivity contribution in [2.24, 2.45) is 0 Å². The van der Waals surface area contributed by atoms with Gasteiger partial charge in [0.2, 0.25) is 11.7 Å². The third-order valence-corrected chi connectivity index (χ3v) is 3.73. The Labute approximate surface area is 144 Å². The Morgan fingerprint density at radius 3 is 2.68 bits per heavy atom. The van der Waals surface area contributed by atoms with Gasteiger partial charge in [-0.05, 0) is 26.1 Å². The van der Waals surface area contributed by atoms with Crippen LogP contribution in [-0.4, -0.2) is 42.9 Å². The Hall–Kier alpha value is -3.00. The molecule has 3 rings (SSSR count). The first-order valence-electron chi connectivity index (χ1n) is 7.91. The highest BCUT2D eigenvalue weighted by Gasteiger charge is 2.12. The fourth-order valence-electron chi connectivity index (χ4n) is 2.46. The maximum Gasteiger partial charge on any atom is 0.335 e. The zero-order chi connectivity index (χ0) is 17.8. The van der Waals surface area contributed by atoms with Crippen molar-refractivity contribution in [3.8, 4) is 11.4 Å². The smallest absolute Gasteiger partial charge is 0.335 e. The summed E-state index contributed by atoms with van der Waals surface area (Å²) >= 11 is 0. The third-order valence-electron chi connectivity index (χ3n) is 3.73. The summed E-state index contributed by atoms with van der Waals surface area (Å²) in [7, 11) is 1.97. The highest BCUT2D eigenvalue weighted by Crippen LogP contribution is 2.17. The van der Waals surface area contributed by atoms with Gasteiger partial charge < -0.3 is 9.63 Å². The first-order valence-corrected chi connectivity index (χ1v) is 7.91. The minimum absolute atomic E-state index is 0.222. The standard InChI is InChI=1S/C17H19N5O3/c1-3-22-10-12(8-18-22)9-21(2)11-15-19-16(20-25-15)13-4-6-14(7-5-13)17(23)24/h4-8,10H,3,9,11H2,1-2H3,(H,23,24). The van der Waals surface area contributed by atoms with Gasteiger partial charge in [-0.3, -0.25) is 9.58 Å². The lowest BCUT2D eigenvalue weighted by Crippen LogP contribution is -2.17. The topological polar surface area (TPSA) is 97.3 Å². The monoisotopic (exact) mass is 341 g/mol. The summed E-state index contributed by atoms with van der Waals surface area (Å²) in [5.41, 5.74) is 2.06. The Kier molecular flexibility index (Phi) is 4.90. The summed E-state index contributed by atoms with van der Waals surface area (Å²) in [6.45, 7) is 4.13. The van der Waals surface area contributed by atoms with Crippen molar-refractivity contribution in [1.82, 2.24) is 24.8 Å². The van der Waals surface area contributed by atoms with E-state index in [0.717, 1.165) is 18.7 Å². The van der Waals surface area contributed by atoms with Crippen LogP contribution < -0.4 is 0 Å². The lowest BCUT2D eigenvalue weighted by molar-refractivity contribution is 0.0697. The van der Waals surface area contributed by atoms with Crippen LogP contribution in [0.25, 0.3) is 11.4 Å². The Morgan fingerprint density at radius 2 is 2.04 bits per heavy atom. The Bertz CT molecular complexity index is 853. The summed E-state index contributed by atoms with van der Waals surface area (Å²) in [4.78, 5) is 17.3. The first-order chi connectivity index (χ1) is 12.0. The maximum absolute atomic E-state index is 10.9. The van der Waals surface area contributed by atoms with Crippen LogP contribution in [0.3, 0.4) is 0 Å². The van der Waals surface area contributed by atoms with Crippen molar-refractivity contribution >= 4 is 5.97 Å². The fraction of sp³-hybridized carbons (Fsp3) is 0.294. The summed E-state index contributed by atoms with van der Waals surface area (Å²) in [6.07, 6.45) is 3.86. The molecule has 2 aromatic heterocycles. The van der Waals surface area contributed by atoms with Gasteiger partial charge >= 0.3 is 5.97 Å². The maximum atomic E-state index is 10.9. The van der Waals surface area contributed by atoms with Gasteiger partial charge in [-0.25, -0.2) is 4.79 Å². The number of carbonyl (C=O) groups is 1. The van der Waals surface area contributed by atoms with Gasteiger partial charge in [0.15, 0.2) is 0 Å². The molecule has 0 radical (unpaired) electrons. The molecular formula is C17H19N5O3. The molecular weight excluding hydrogens is 322 g/mol. The van der Waals surface area contributed by atoms with Crippen molar-refractivity contribution in [2.75, 3.05) is 7.05 Å². The van der Waals surface area contributed by atoms with Crippen molar-refractivity contribution in [1.29, 1.82) is 0 Å². The highest BCUT2D eigenvalue weighted by atomic mass is 16.5. The third kappa shape index (κ3) is 4.10. The van der Waals surface area contributed by atoms with Crippen LogP contribution >= 0.6 is 0 Å². The molecule has 0 amide bonds. The van der Waals surface area contributed by atoms with Gasteiger partial charge in [0.1, 0.15) is 0 Å². The molecule has 25 heavy (non-hydrogen) atoms. The van der Waals surface area contributed by atoms with Crippen LogP contribution in [0.1, 0.15) is 28.7 Å². The van der Waals surface area contributed by atoms with Crippen LogP contribution in [0.4, 0.5) is 0 Å². The predicted molar refractivity (Wildman–Crippen MR) is 89.8 cm³/mol. The van der Waals surface area contributed by atoms with Crippen LogP contribution in [0.5, 0.6) is 0 Å². The van der Waals surface area contributed by atoms with Gasteiger partial charge in [-0.1, -0.05) is 17.3 Å². The lowest BCUT2D eigenvalue weighted by Gasteiger charge is -2.12. The van der Waals surface area contributed by atoms with Crippen molar-refractivity contribution in [3.63, 3.8) is 0 Å². The molecule has 8 heteroatoms. The number of benzene rings is 1. The molecule has 130 valence electrons. The van der Waals surface area contributed by atoms with Gasteiger partial charge in [0.05, 0.1) is 18.3 Å². The SMILES string of the molecule is CCn1cc(CN(C)Cc2nc(-c3ccc(C(=O)O)cc3)no2)cn1. The van der Waals surface area contributed by atoms with E-state index >= 15 is 0 Å². The van der Waals surface area contributed by atoms with E-state index in [0.29, 0.717) is 23.8 Å². The number of carboxylic acids is 1. The lowest BCUT2D eigenvalue weighted by atomic mass is 10.1. The second-order valence-corrected chi connectivity index (χ2v) is 5.77. The molecule has 0 fully saturated rings. The molecule has 1 N–H and O–H groups in total. The summed E-state index contributed by atoms with van der Waals surface area (Å²) < 4.78 is 7.18. The molecule has 0 saturated heterocycles. The number of hydrogen-bond donors (Lipinski definition) is 1. The van der Waals surface area contributed by atoms with E-state index in [1.807, 2.05) is 31.0 Å². The highest BCUT2D eigenvalue weighted by molar-refractivity contribution is 5.88. The molecule has 8 nitrogen and oxygen atoms in total. The molecule has 0 aliphatic rings. The van der Waals surface area contributed by atoms with E-state index < -0.39 is 5.97 Å². The number of aromatic carboxylic acids is 1. The van der Waals surface area contributed by atoms with Crippen LogP contribution in [0.15, 0.2) is 41.2 Å². The number of hydrogen-bond acceptors (Lipinski definition) is 6. The quantitative estimate of drug-likeness (QED) is 0.704. The molecule has 3 aromatic rings. The summed E-state index contributed by atoms with van der Waals surface area (Å²) in [5.74, 6) is -0.0183. The largest absolute Gasteiger partial charge is 0.478 e. The van der Waals surface area contributed by atoms with E-state index in [2.05, 4.69) is 20.1 Å². The van der Waals surface area contributed by atoms with Gasteiger partial charge in [0, 0.05) is 30.4 Å². The minimum Gasteiger partial charge on any atom is -0.478 e. The first kappa shape index (κ1) is 16.8. The normalized spacial score (nSPS) is 11.2. The zero-order valence-electron chi connectivity index (χ0n) is 14.1. The van der Waals surface area contributed by atoms with Crippen molar-refractivity contribution in [2.45, 2.75) is 26.6 Å². The Balaban J connectivity index is 1.63. The molecule has 0 unspecified atom stereocenters.